The summed E-state index contributed by atoms with van der Waals surface area (Å²) in [6, 6.07) is 10.3. The highest BCUT2D eigenvalue weighted by Gasteiger charge is 2.08. The molecule has 0 aliphatic rings. The summed E-state index contributed by atoms with van der Waals surface area (Å²) >= 11 is 1.75. The maximum atomic E-state index is 6.19. The van der Waals surface area contributed by atoms with Gasteiger partial charge in [0.25, 0.3) is 0 Å². The van der Waals surface area contributed by atoms with Crippen LogP contribution >= 0.6 is 11.3 Å². The molecule has 90 valence electrons. The lowest BCUT2D eigenvalue weighted by molar-refractivity contribution is 0.414. The zero-order valence-corrected chi connectivity index (χ0v) is 11.0. The molecule has 0 saturated heterocycles. The van der Waals surface area contributed by atoms with E-state index >= 15 is 0 Å². The largest absolute Gasteiger partial charge is 0.497 e. The quantitative estimate of drug-likeness (QED) is 0.899. The smallest absolute Gasteiger partial charge is 0.118 e. The Morgan fingerprint density at radius 3 is 2.53 bits per heavy atom. The Hall–Kier alpha value is -1.32. The summed E-state index contributed by atoms with van der Waals surface area (Å²) < 4.78 is 5.13. The Labute approximate surface area is 106 Å². The van der Waals surface area contributed by atoms with E-state index in [1.165, 1.54) is 16.0 Å². The van der Waals surface area contributed by atoms with Gasteiger partial charge < -0.3 is 10.5 Å². The van der Waals surface area contributed by atoms with Gasteiger partial charge in [0.15, 0.2) is 0 Å². The summed E-state index contributed by atoms with van der Waals surface area (Å²) in [5.74, 6) is 0.883. The van der Waals surface area contributed by atoms with Gasteiger partial charge in [-0.05, 0) is 48.1 Å². The van der Waals surface area contributed by atoms with Crippen LogP contribution in [0.3, 0.4) is 0 Å². The third-order valence-electron chi connectivity index (χ3n) is 2.79. The van der Waals surface area contributed by atoms with E-state index in [0.29, 0.717) is 0 Å². The average Bonchev–Trinajstić information content (AvgIpc) is 2.77. The lowest BCUT2D eigenvalue weighted by atomic mass is 10.0. The van der Waals surface area contributed by atoms with Crippen molar-refractivity contribution in [3.05, 3.63) is 51.7 Å². The molecule has 2 nitrogen and oxygen atoms in total. The molecule has 2 N–H and O–H groups in total. The zero-order chi connectivity index (χ0) is 12.3. The van der Waals surface area contributed by atoms with Gasteiger partial charge >= 0.3 is 0 Å². The van der Waals surface area contributed by atoms with Crippen LogP contribution in [-0.4, -0.2) is 7.11 Å². The number of thiophene rings is 1. The molecule has 0 aliphatic heterocycles. The molecule has 2 rings (SSSR count). The molecule has 17 heavy (non-hydrogen) atoms. The molecule has 0 spiro atoms. The highest BCUT2D eigenvalue weighted by atomic mass is 32.1. The van der Waals surface area contributed by atoms with Crippen LogP contribution in [0.2, 0.25) is 0 Å². The fourth-order valence-electron chi connectivity index (χ4n) is 1.79. The number of methoxy groups -OCH3 is 1. The molecule has 0 saturated carbocycles. The Balaban J connectivity index is 2.04. The van der Waals surface area contributed by atoms with Crippen molar-refractivity contribution in [2.45, 2.75) is 19.4 Å². The minimum atomic E-state index is 0.0772. The summed E-state index contributed by atoms with van der Waals surface area (Å²) in [5.41, 5.74) is 8.65. The molecule has 3 heteroatoms. The Morgan fingerprint density at radius 2 is 2.00 bits per heavy atom. The number of ether oxygens (including phenoxy) is 1. The monoisotopic (exact) mass is 247 g/mol. The summed E-state index contributed by atoms with van der Waals surface area (Å²) in [7, 11) is 1.68. The van der Waals surface area contributed by atoms with E-state index in [1.807, 2.05) is 12.1 Å². The molecule has 2 aromatic rings. The first-order valence-electron chi connectivity index (χ1n) is 5.62. The number of benzene rings is 1. The van der Waals surface area contributed by atoms with Crippen LogP contribution in [0.5, 0.6) is 5.75 Å². The molecule has 1 aromatic heterocycles. The fraction of sp³-hybridized carbons (Fsp3) is 0.286. The van der Waals surface area contributed by atoms with Crippen molar-refractivity contribution >= 4 is 11.3 Å². The number of aryl methyl sites for hydroxylation is 1. The molecule has 0 radical (unpaired) electrons. The van der Waals surface area contributed by atoms with E-state index in [9.17, 15) is 0 Å². The third kappa shape index (κ3) is 3.08. The second-order valence-electron chi connectivity index (χ2n) is 4.15. The maximum Gasteiger partial charge on any atom is 0.118 e. The van der Waals surface area contributed by atoms with Crippen molar-refractivity contribution in [2.24, 2.45) is 5.73 Å². The standard InChI is InChI=1S/C14H17NOS/c1-10-7-12(9-17-10)14(15)8-11-3-5-13(16-2)6-4-11/h3-7,9,14H,8,15H2,1-2H3. The van der Waals surface area contributed by atoms with Crippen LogP contribution in [-0.2, 0) is 6.42 Å². The SMILES string of the molecule is COc1ccc(CC(N)c2csc(C)c2)cc1. The molecule has 0 bridgehead atoms. The zero-order valence-electron chi connectivity index (χ0n) is 10.1. The number of hydrogen-bond donors (Lipinski definition) is 1. The van der Waals surface area contributed by atoms with Crippen molar-refractivity contribution < 1.29 is 4.74 Å². The van der Waals surface area contributed by atoms with E-state index in [2.05, 4.69) is 30.5 Å². The first-order valence-corrected chi connectivity index (χ1v) is 6.50. The molecule has 1 aromatic carbocycles. The van der Waals surface area contributed by atoms with Gasteiger partial charge in [-0.1, -0.05) is 12.1 Å². The predicted octanol–water partition coefficient (Wildman–Crippen LogP) is 3.31. The van der Waals surface area contributed by atoms with E-state index in [-0.39, 0.29) is 6.04 Å². The van der Waals surface area contributed by atoms with E-state index in [4.69, 9.17) is 10.5 Å². The van der Waals surface area contributed by atoms with Gasteiger partial charge in [-0.2, -0.15) is 0 Å². The van der Waals surface area contributed by atoms with Gasteiger partial charge in [-0.25, -0.2) is 0 Å². The Bertz CT molecular complexity index is 475. The van der Waals surface area contributed by atoms with Gasteiger partial charge in [0.2, 0.25) is 0 Å². The topological polar surface area (TPSA) is 35.2 Å². The van der Waals surface area contributed by atoms with Gasteiger partial charge in [-0.3, -0.25) is 0 Å². The van der Waals surface area contributed by atoms with E-state index < -0.39 is 0 Å². The summed E-state index contributed by atoms with van der Waals surface area (Å²) in [6.07, 6.45) is 0.861. The van der Waals surface area contributed by atoms with Crippen LogP contribution in [0.15, 0.2) is 35.7 Å². The lowest BCUT2D eigenvalue weighted by Crippen LogP contribution is -2.12. The highest BCUT2D eigenvalue weighted by molar-refractivity contribution is 7.10. The second kappa shape index (κ2) is 5.34. The normalized spacial score (nSPS) is 12.4. The van der Waals surface area contributed by atoms with Crippen LogP contribution < -0.4 is 10.5 Å². The number of hydrogen-bond acceptors (Lipinski definition) is 3. The molecule has 0 fully saturated rings. The van der Waals surface area contributed by atoms with Crippen molar-refractivity contribution in [3.63, 3.8) is 0 Å². The lowest BCUT2D eigenvalue weighted by Gasteiger charge is -2.10. The Kier molecular flexibility index (Phi) is 3.82. The minimum Gasteiger partial charge on any atom is -0.497 e. The Morgan fingerprint density at radius 1 is 1.29 bits per heavy atom. The summed E-state index contributed by atoms with van der Waals surface area (Å²) in [6.45, 7) is 2.11. The predicted molar refractivity (Wildman–Crippen MR) is 72.7 cm³/mol. The van der Waals surface area contributed by atoms with E-state index in [1.54, 1.807) is 18.4 Å². The van der Waals surface area contributed by atoms with E-state index in [0.717, 1.165) is 12.2 Å². The van der Waals surface area contributed by atoms with Crippen LogP contribution in [0.4, 0.5) is 0 Å². The van der Waals surface area contributed by atoms with Gasteiger partial charge in [0, 0.05) is 10.9 Å². The van der Waals surface area contributed by atoms with Crippen LogP contribution in [0, 0.1) is 6.92 Å². The van der Waals surface area contributed by atoms with Gasteiger partial charge in [0.05, 0.1) is 7.11 Å². The fourth-order valence-corrected chi connectivity index (χ4v) is 2.56. The first kappa shape index (κ1) is 12.1. The molecule has 1 atom stereocenters. The molecular formula is C14H17NOS. The summed E-state index contributed by atoms with van der Waals surface area (Å²) in [4.78, 5) is 1.31. The minimum absolute atomic E-state index is 0.0772. The molecule has 1 unspecified atom stereocenters. The second-order valence-corrected chi connectivity index (χ2v) is 5.26. The average molecular weight is 247 g/mol. The van der Waals surface area contributed by atoms with Crippen molar-refractivity contribution in [2.75, 3.05) is 7.11 Å². The summed E-state index contributed by atoms with van der Waals surface area (Å²) in [5, 5.41) is 2.14. The van der Waals surface area contributed by atoms with Gasteiger partial charge in [-0.15, -0.1) is 11.3 Å². The molecule has 1 heterocycles. The van der Waals surface area contributed by atoms with Crippen molar-refractivity contribution in [1.82, 2.24) is 0 Å². The molecular weight excluding hydrogens is 230 g/mol. The molecule has 0 aliphatic carbocycles. The van der Waals surface area contributed by atoms with Gasteiger partial charge in [0.1, 0.15) is 5.75 Å². The molecule has 0 amide bonds. The van der Waals surface area contributed by atoms with Crippen molar-refractivity contribution in [3.8, 4) is 5.75 Å². The van der Waals surface area contributed by atoms with Crippen molar-refractivity contribution in [1.29, 1.82) is 0 Å². The maximum absolute atomic E-state index is 6.19. The first-order chi connectivity index (χ1) is 8.19. The number of nitrogens with two attached hydrogens (primary N) is 1. The third-order valence-corrected chi connectivity index (χ3v) is 3.67. The van der Waals surface area contributed by atoms with Crippen LogP contribution in [0.25, 0.3) is 0 Å². The highest BCUT2D eigenvalue weighted by Crippen LogP contribution is 2.22. The van der Waals surface area contributed by atoms with Crippen LogP contribution in [0.1, 0.15) is 22.0 Å². The number of rotatable bonds is 4.